The molecule has 1 fully saturated rings. The number of ketones is 1. The normalized spacial score (nSPS) is 17.3. The maximum Gasteiger partial charge on any atom is 0.300 e. The van der Waals surface area contributed by atoms with Crippen molar-refractivity contribution in [2.75, 3.05) is 12.0 Å². The Bertz CT molecular complexity index is 1350. The minimum absolute atomic E-state index is 0.0196. The number of aryl methyl sites for hydroxylation is 1. The van der Waals surface area contributed by atoms with Crippen LogP contribution in [0.2, 0.25) is 10.0 Å². The number of amides is 1. The summed E-state index contributed by atoms with van der Waals surface area (Å²) in [5.74, 6) is -0.986. The molecule has 0 saturated carbocycles. The number of hydrogen-bond donors (Lipinski definition) is 1. The first-order chi connectivity index (χ1) is 16.6. The lowest BCUT2D eigenvalue weighted by molar-refractivity contribution is -0.132. The minimum Gasteiger partial charge on any atom is -0.507 e. The Morgan fingerprint density at radius 1 is 0.971 bits per heavy atom. The zero-order valence-electron chi connectivity index (χ0n) is 19.8. The highest BCUT2D eigenvalue weighted by Gasteiger charge is 2.47. The largest absolute Gasteiger partial charge is 0.507 e. The molecule has 1 amide bonds. The van der Waals surface area contributed by atoms with Crippen molar-refractivity contribution in [1.82, 2.24) is 0 Å². The molecule has 180 valence electrons. The standard InChI is InChI=1S/C28H25Cl2NO4/c1-15(2)20-13-18(8-12-23(20)35-4)26(32)24-25(17-7-11-21(29)22(30)14-17)31(28(34)27(24)33)19-9-5-16(3)6-10-19/h5-15,25,32H,1-4H3/b26-24-. The van der Waals surface area contributed by atoms with Crippen LogP contribution in [0.5, 0.6) is 5.75 Å². The molecule has 0 aromatic heterocycles. The Balaban J connectivity index is 1.96. The second-order valence-electron chi connectivity index (χ2n) is 8.79. The van der Waals surface area contributed by atoms with Crippen LogP contribution in [0.25, 0.3) is 5.76 Å². The maximum absolute atomic E-state index is 13.4. The number of nitrogens with zero attached hydrogens (tertiary/aromatic N) is 1. The topological polar surface area (TPSA) is 66.8 Å². The third-order valence-electron chi connectivity index (χ3n) is 6.14. The van der Waals surface area contributed by atoms with Crippen molar-refractivity contribution in [2.24, 2.45) is 0 Å². The highest BCUT2D eigenvalue weighted by molar-refractivity contribution is 6.51. The quantitative estimate of drug-likeness (QED) is 0.227. The number of ether oxygens (including phenoxy) is 1. The van der Waals surface area contributed by atoms with Gasteiger partial charge in [0, 0.05) is 11.3 Å². The molecule has 0 spiro atoms. The molecule has 7 heteroatoms. The minimum atomic E-state index is -0.892. The molecule has 1 unspecified atom stereocenters. The fraction of sp³-hybridized carbons (Fsp3) is 0.214. The molecular formula is C28H25Cl2NO4. The predicted octanol–water partition coefficient (Wildman–Crippen LogP) is 7.06. The fourth-order valence-electron chi connectivity index (χ4n) is 4.29. The lowest BCUT2D eigenvalue weighted by atomic mass is 9.93. The van der Waals surface area contributed by atoms with E-state index in [0.717, 1.165) is 11.1 Å². The summed E-state index contributed by atoms with van der Waals surface area (Å²) in [6.07, 6.45) is 0. The van der Waals surface area contributed by atoms with Crippen molar-refractivity contribution >= 4 is 46.3 Å². The third-order valence-corrected chi connectivity index (χ3v) is 6.88. The predicted molar refractivity (Wildman–Crippen MR) is 140 cm³/mol. The number of carbonyl (C=O) groups excluding carboxylic acids is 2. The van der Waals surface area contributed by atoms with Crippen molar-refractivity contribution in [3.05, 3.63) is 98.5 Å². The highest BCUT2D eigenvalue weighted by atomic mass is 35.5. The number of methoxy groups -OCH3 is 1. The van der Waals surface area contributed by atoms with E-state index < -0.39 is 17.7 Å². The van der Waals surface area contributed by atoms with Gasteiger partial charge in [-0.15, -0.1) is 0 Å². The molecule has 3 aromatic carbocycles. The van der Waals surface area contributed by atoms with Gasteiger partial charge in [-0.05, 0) is 66.4 Å². The summed E-state index contributed by atoms with van der Waals surface area (Å²) in [4.78, 5) is 28.0. The first kappa shape index (κ1) is 24.8. The summed E-state index contributed by atoms with van der Waals surface area (Å²) in [6.45, 7) is 5.95. The van der Waals surface area contributed by atoms with Gasteiger partial charge in [-0.1, -0.05) is 60.8 Å². The summed E-state index contributed by atoms with van der Waals surface area (Å²) >= 11 is 12.4. The number of halogens is 2. The molecule has 1 aliphatic heterocycles. The number of aliphatic hydroxyl groups is 1. The van der Waals surface area contributed by atoms with Gasteiger partial charge in [-0.3, -0.25) is 14.5 Å². The molecule has 1 saturated heterocycles. The molecule has 1 heterocycles. The van der Waals surface area contributed by atoms with Gasteiger partial charge >= 0.3 is 0 Å². The van der Waals surface area contributed by atoms with Crippen LogP contribution in [0.4, 0.5) is 5.69 Å². The van der Waals surface area contributed by atoms with E-state index in [1.54, 1.807) is 55.6 Å². The van der Waals surface area contributed by atoms with Crippen molar-refractivity contribution in [3.63, 3.8) is 0 Å². The van der Waals surface area contributed by atoms with Crippen LogP contribution in [-0.4, -0.2) is 23.9 Å². The second-order valence-corrected chi connectivity index (χ2v) is 9.60. The van der Waals surface area contributed by atoms with E-state index in [9.17, 15) is 14.7 Å². The number of anilines is 1. The Morgan fingerprint density at radius 3 is 2.26 bits per heavy atom. The van der Waals surface area contributed by atoms with Gasteiger partial charge in [0.2, 0.25) is 0 Å². The van der Waals surface area contributed by atoms with E-state index in [2.05, 4.69) is 0 Å². The molecule has 35 heavy (non-hydrogen) atoms. The monoisotopic (exact) mass is 509 g/mol. The SMILES string of the molecule is COc1ccc(/C(O)=C2/C(=O)C(=O)N(c3ccc(C)cc3)C2c2ccc(Cl)c(Cl)c2)cc1C(C)C. The van der Waals surface area contributed by atoms with Crippen molar-refractivity contribution < 1.29 is 19.4 Å². The van der Waals surface area contributed by atoms with Crippen LogP contribution in [-0.2, 0) is 9.59 Å². The number of hydrogen-bond acceptors (Lipinski definition) is 4. The van der Waals surface area contributed by atoms with Crippen molar-refractivity contribution in [3.8, 4) is 5.75 Å². The lowest BCUT2D eigenvalue weighted by Gasteiger charge is -2.26. The maximum atomic E-state index is 13.4. The zero-order valence-corrected chi connectivity index (χ0v) is 21.3. The van der Waals surface area contributed by atoms with Gasteiger partial charge in [0.25, 0.3) is 11.7 Å². The second kappa shape index (κ2) is 9.76. The molecular weight excluding hydrogens is 485 g/mol. The molecule has 1 N–H and O–H groups in total. The first-order valence-corrected chi connectivity index (χ1v) is 11.9. The molecule has 1 atom stereocenters. The van der Waals surface area contributed by atoms with E-state index in [1.807, 2.05) is 32.9 Å². The highest BCUT2D eigenvalue weighted by Crippen LogP contribution is 2.44. The molecule has 0 aliphatic carbocycles. The number of benzene rings is 3. The lowest BCUT2D eigenvalue weighted by Crippen LogP contribution is -2.29. The summed E-state index contributed by atoms with van der Waals surface area (Å²) < 4.78 is 5.45. The third kappa shape index (κ3) is 4.54. The summed E-state index contributed by atoms with van der Waals surface area (Å²) in [5.41, 5.74) is 3.37. The first-order valence-electron chi connectivity index (χ1n) is 11.1. The van der Waals surface area contributed by atoms with Gasteiger partial charge in [0.05, 0.1) is 28.8 Å². The van der Waals surface area contributed by atoms with Crippen LogP contribution in [0, 0.1) is 6.92 Å². The number of rotatable bonds is 5. The average Bonchev–Trinajstić information content (AvgIpc) is 3.10. The Morgan fingerprint density at radius 2 is 1.66 bits per heavy atom. The molecule has 1 aliphatic rings. The molecule has 3 aromatic rings. The molecule has 4 rings (SSSR count). The Hall–Kier alpha value is -3.28. The van der Waals surface area contributed by atoms with Crippen LogP contribution in [0.1, 0.15) is 48.1 Å². The van der Waals surface area contributed by atoms with E-state index in [4.69, 9.17) is 27.9 Å². The molecule has 5 nitrogen and oxygen atoms in total. The van der Waals surface area contributed by atoms with Crippen LogP contribution < -0.4 is 9.64 Å². The van der Waals surface area contributed by atoms with Gasteiger partial charge in [-0.2, -0.15) is 0 Å². The number of aliphatic hydroxyl groups excluding tert-OH is 1. The van der Waals surface area contributed by atoms with Gasteiger partial charge in [-0.25, -0.2) is 0 Å². The summed E-state index contributed by atoms with van der Waals surface area (Å²) in [6, 6.07) is 16.5. The van der Waals surface area contributed by atoms with E-state index in [-0.39, 0.29) is 22.3 Å². The molecule has 0 radical (unpaired) electrons. The van der Waals surface area contributed by atoms with Crippen molar-refractivity contribution in [1.29, 1.82) is 0 Å². The molecule has 0 bridgehead atoms. The number of carbonyl (C=O) groups is 2. The average molecular weight is 510 g/mol. The van der Waals surface area contributed by atoms with Gasteiger partial charge in [0.15, 0.2) is 0 Å². The summed E-state index contributed by atoms with van der Waals surface area (Å²) in [5, 5.41) is 12.1. The van der Waals surface area contributed by atoms with E-state index >= 15 is 0 Å². The van der Waals surface area contributed by atoms with Crippen molar-refractivity contribution in [2.45, 2.75) is 32.7 Å². The smallest absolute Gasteiger partial charge is 0.300 e. The van der Waals surface area contributed by atoms with Gasteiger partial charge < -0.3 is 9.84 Å². The van der Waals surface area contributed by atoms with Crippen LogP contribution in [0.15, 0.2) is 66.2 Å². The Labute approximate surface area is 214 Å². The number of Topliss-reactive ketones (excluding diaryl/α,β-unsaturated/α-hetero) is 1. The fourth-order valence-corrected chi connectivity index (χ4v) is 4.60. The van der Waals surface area contributed by atoms with Crippen LogP contribution >= 0.6 is 23.2 Å². The zero-order chi connectivity index (χ0) is 25.4. The van der Waals surface area contributed by atoms with Gasteiger partial charge in [0.1, 0.15) is 11.5 Å². The summed E-state index contributed by atoms with van der Waals surface area (Å²) in [7, 11) is 1.58. The van der Waals surface area contributed by atoms with E-state index in [0.29, 0.717) is 27.6 Å². The van der Waals surface area contributed by atoms with Crippen LogP contribution in [0.3, 0.4) is 0 Å². The Kier molecular flexibility index (Phi) is 6.93. The van der Waals surface area contributed by atoms with E-state index in [1.165, 1.54) is 4.90 Å².